The molecule has 2 aromatic carbocycles. The van der Waals surface area contributed by atoms with Gasteiger partial charge in [0.25, 0.3) is 0 Å². The number of benzene rings is 2. The van der Waals surface area contributed by atoms with Crippen LogP contribution in [0.2, 0.25) is 18.6 Å². The predicted octanol–water partition coefficient (Wildman–Crippen LogP) is 0.0462. The summed E-state index contributed by atoms with van der Waals surface area (Å²) in [7, 11) is -1.21. The van der Waals surface area contributed by atoms with Crippen LogP contribution in [0.4, 0.5) is 0 Å². The Morgan fingerprint density at radius 3 is 2.27 bits per heavy atom. The maximum absolute atomic E-state index is 2.65. The van der Waals surface area contributed by atoms with E-state index in [1.54, 1.807) is 39.1 Å². The Bertz CT molecular complexity index is 912. The van der Waals surface area contributed by atoms with E-state index in [1.807, 2.05) is 0 Å². The second kappa shape index (κ2) is 7.55. The molecule has 1 atom stereocenters. The van der Waals surface area contributed by atoms with Crippen molar-refractivity contribution in [2.24, 2.45) is 0 Å². The first kappa shape index (κ1) is 20.3. The molecule has 1 fully saturated rings. The Kier molecular flexibility index (Phi) is 5.91. The van der Waals surface area contributed by atoms with E-state index in [2.05, 4.69) is 61.2 Å². The molecular formula is C22H21Cl2SiZr. The van der Waals surface area contributed by atoms with Crippen molar-refractivity contribution in [3.05, 3.63) is 74.6 Å². The summed E-state index contributed by atoms with van der Waals surface area (Å²) in [5.74, 6) is 0. The standard InChI is InChI=1S/C22H21Si.2ClH.Zr/c1-23(14-7-15-23)22-20-11-5-4-10-18(20)19-13-6-12-17(21(19)22)16-8-2-3-9-16;;;/h2,4-6,8,10-13,22H,3,7,14-15H2,1H3;2*1H;/q;;;+2/p-2. The molecule has 1 unspecified atom stereocenters. The number of allylic oxidation sites excluding steroid dienone is 4. The first-order valence-corrected chi connectivity index (χ1v) is 13.2. The van der Waals surface area contributed by atoms with E-state index in [1.165, 1.54) is 40.8 Å². The van der Waals surface area contributed by atoms with E-state index < -0.39 is 8.07 Å². The topological polar surface area (TPSA) is 0 Å². The van der Waals surface area contributed by atoms with Crippen LogP contribution >= 0.6 is 0 Å². The fraction of sp³-hybridized carbons (Fsp3) is 0.273. The average molecular weight is 476 g/mol. The Hall–Kier alpha value is -0.400. The number of fused-ring (bicyclic) bond motifs is 3. The number of hydrogen-bond donors (Lipinski definition) is 0. The zero-order valence-corrected chi connectivity index (χ0v) is 19.8. The molecule has 1 heterocycles. The Labute approximate surface area is 184 Å². The molecule has 0 N–H and O–H groups in total. The fourth-order valence-corrected chi connectivity index (χ4v) is 9.88. The monoisotopic (exact) mass is 473 g/mol. The molecular weight excluding hydrogens is 454 g/mol. The largest absolute Gasteiger partial charge is 1.00 e. The molecule has 0 saturated carbocycles. The van der Waals surface area contributed by atoms with Crippen molar-refractivity contribution in [3.63, 3.8) is 0 Å². The molecule has 0 nitrogen and oxygen atoms in total. The van der Waals surface area contributed by atoms with Crippen molar-refractivity contribution in [3.8, 4) is 11.1 Å². The molecule has 4 heteroatoms. The molecule has 3 aliphatic rings. The van der Waals surface area contributed by atoms with Gasteiger partial charge >= 0.3 is 161 Å². The Morgan fingerprint density at radius 2 is 1.62 bits per heavy atom. The molecule has 0 aromatic heterocycles. The smallest absolute Gasteiger partial charge is 1.00 e. The Morgan fingerprint density at radius 1 is 0.923 bits per heavy atom. The van der Waals surface area contributed by atoms with Crippen LogP contribution < -0.4 is 24.8 Å². The van der Waals surface area contributed by atoms with Crippen LogP contribution in [-0.2, 0) is 24.7 Å². The zero-order chi connectivity index (χ0) is 16.3. The van der Waals surface area contributed by atoms with E-state index in [-0.39, 0.29) is 24.8 Å². The molecule has 5 rings (SSSR count). The van der Waals surface area contributed by atoms with Crippen LogP contribution in [0.3, 0.4) is 0 Å². The van der Waals surface area contributed by atoms with Crippen molar-refractivity contribution >= 4 is 13.6 Å². The fourth-order valence-electron chi connectivity index (χ4n) is 5.00. The van der Waals surface area contributed by atoms with Crippen molar-refractivity contribution < 1.29 is 49.5 Å². The summed E-state index contributed by atoms with van der Waals surface area (Å²) in [4.78, 5) is 0. The van der Waals surface area contributed by atoms with Gasteiger partial charge in [0.1, 0.15) is 0 Å². The van der Waals surface area contributed by atoms with Gasteiger partial charge in [-0.3, -0.25) is 0 Å². The van der Waals surface area contributed by atoms with Gasteiger partial charge in [-0.2, -0.15) is 0 Å². The van der Waals surface area contributed by atoms with Gasteiger partial charge in [0.05, 0.1) is 0 Å². The summed E-state index contributed by atoms with van der Waals surface area (Å²) < 4.78 is 1.62. The van der Waals surface area contributed by atoms with Gasteiger partial charge in [0.2, 0.25) is 0 Å². The summed E-state index contributed by atoms with van der Waals surface area (Å²) >= 11 is 1.57. The molecule has 0 amide bonds. The zero-order valence-electron chi connectivity index (χ0n) is 14.9. The van der Waals surface area contributed by atoms with Crippen molar-refractivity contribution in [1.29, 1.82) is 0 Å². The van der Waals surface area contributed by atoms with Gasteiger partial charge in [-0.1, -0.05) is 0 Å². The van der Waals surface area contributed by atoms with Gasteiger partial charge in [0.15, 0.2) is 0 Å². The van der Waals surface area contributed by atoms with Gasteiger partial charge < -0.3 is 24.8 Å². The molecule has 26 heavy (non-hydrogen) atoms. The van der Waals surface area contributed by atoms with Gasteiger partial charge in [-0.25, -0.2) is 0 Å². The van der Waals surface area contributed by atoms with E-state index >= 15 is 0 Å². The summed E-state index contributed by atoms with van der Waals surface area (Å²) in [5.41, 5.74) is 10.1. The van der Waals surface area contributed by atoms with Gasteiger partial charge in [-0.15, -0.1) is 0 Å². The van der Waals surface area contributed by atoms with E-state index in [4.69, 9.17) is 0 Å². The third-order valence-corrected chi connectivity index (χ3v) is 12.5. The van der Waals surface area contributed by atoms with Crippen LogP contribution in [0.15, 0.2) is 57.9 Å². The van der Waals surface area contributed by atoms with Crippen LogP contribution in [0.1, 0.15) is 35.1 Å². The van der Waals surface area contributed by atoms with E-state index in [0.29, 0.717) is 5.54 Å². The van der Waals surface area contributed by atoms with Crippen LogP contribution in [-0.4, -0.2) is 8.07 Å². The minimum Gasteiger partial charge on any atom is -1.00 e. The van der Waals surface area contributed by atoms with Crippen LogP contribution in [0.5, 0.6) is 0 Å². The third-order valence-electron chi connectivity index (χ3n) is 6.37. The summed E-state index contributed by atoms with van der Waals surface area (Å²) in [6.45, 7) is 2.65. The second-order valence-corrected chi connectivity index (χ2v) is 14.2. The first-order valence-electron chi connectivity index (χ1n) is 9.03. The van der Waals surface area contributed by atoms with Crippen molar-refractivity contribution in [2.75, 3.05) is 0 Å². The molecule has 2 aromatic rings. The summed E-state index contributed by atoms with van der Waals surface area (Å²) in [6, 6.07) is 19.3. The van der Waals surface area contributed by atoms with Gasteiger partial charge in [-0.05, 0) is 0 Å². The van der Waals surface area contributed by atoms with Crippen LogP contribution in [0.25, 0.3) is 16.7 Å². The van der Waals surface area contributed by atoms with Crippen molar-refractivity contribution in [2.45, 2.75) is 37.0 Å². The molecule has 0 bridgehead atoms. The minimum absolute atomic E-state index is 0. The first-order chi connectivity index (χ1) is 11.7. The molecule has 131 valence electrons. The average Bonchev–Trinajstić information content (AvgIpc) is 3.14. The Balaban J connectivity index is 0.000000980. The third kappa shape index (κ3) is 2.89. The summed E-state index contributed by atoms with van der Waals surface area (Å²) in [5, 5.41) is 0. The number of halogens is 2. The maximum atomic E-state index is 2.65. The number of rotatable bonds is 2. The SMILES string of the molecule is C[Si]1(C2c3ccccc3-c3cccc(C4=[C]([Zr+2])CC=C4)c32)CCC1.[Cl-].[Cl-]. The quantitative estimate of drug-likeness (QED) is 0.539. The molecule has 2 aliphatic carbocycles. The summed E-state index contributed by atoms with van der Waals surface area (Å²) in [6.07, 6.45) is 7.33. The minimum atomic E-state index is -1.21. The van der Waals surface area contributed by atoms with Crippen LogP contribution in [0, 0.1) is 0 Å². The second-order valence-electron chi connectivity index (χ2n) is 7.79. The van der Waals surface area contributed by atoms with Crippen molar-refractivity contribution in [1.82, 2.24) is 0 Å². The molecule has 0 spiro atoms. The maximum Gasteiger partial charge on any atom is -1.00 e. The molecule has 1 saturated heterocycles. The normalized spacial score (nSPS) is 21.4. The molecule has 1 aliphatic heterocycles. The molecule has 0 radical (unpaired) electrons. The number of hydrogen-bond acceptors (Lipinski definition) is 0. The van der Waals surface area contributed by atoms with E-state index in [9.17, 15) is 0 Å². The van der Waals surface area contributed by atoms with E-state index in [0.717, 1.165) is 6.42 Å². The van der Waals surface area contributed by atoms with Gasteiger partial charge in [0, 0.05) is 0 Å². The predicted molar refractivity (Wildman–Crippen MR) is 100 cm³/mol.